The molecule has 0 saturated heterocycles. The van der Waals surface area contributed by atoms with Crippen LogP contribution in [0.3, 0.4) is 0 Å². The fourth-order valence-corrected chi connectivity index (χ4v) is 3.09. The normalized spacial score (nSPS) is 17.9. The Balaban J connectivity index is 1.78. The molecule has 0 amide bonds. The Kier molecular flexibility index (Phi) is 2.66. The number of aromatic nitrogens is 4. The predicted molar refractivity (Wildman–Crippen MR) is 70.3 cm³/mol. The highest BCUT2D eigenvalue weighted by Crippen LogP contribution is 2.42. The van der Waals surface area contributed by atoms with Gasteiger partial charge in [0.2, 0.25) is 0 Å². The second-order valence-corrected chi connectivity index (χ2v) is 5.72. The molecule has 5 nitrogen and oxygen atoms in total. The Bertz CT molecular complexity index is 514. The highest BCUT2D eigenvalue weighted by molar-refractivity contribution is 8.00. The molecule has 17 heavy (non-hydrogen) atoms. The Labute approximate surface area is 104 Å². The van der Waals surface area contributed by atoms with E-state index in [-0.39, 0.29) is 0 Å². The minimum Gasteiger partial charge on any atom is -0.368 e. The number of aromatic amines is 1. The van der Waals surface area contributed by atoms with Crippen LogP contribution in [0, 0.1) is 0 Å². The van der Waals surface area contributed by atoms with Gasteiger partial charge in [-0.15, -0.1) is 0 Å². The number of anilines is 1. The summed E-state index contributed by atoms with van der Waals surface area (Å²) in [7, 11) is 0. The number of nitrogens with zero attached hydrogens (tertiary/aromatic N) is 3. The standard InChI is InChI=1S/C11H15N5S/c1-17-11(3-2-4-11)6-12-9-8-5-15-16-10(8)14-7-13-9/h5,7H,2-4,6H2,1H3,(H2,12,13,14,15,16). The highest BCUT2D eigenvalue weighted by Gasteiger charge is 2.35. The molecule has 2 aromatic rings. The summed E-state index contributed by atoms with van der Waals surface area (Å²) in [5.41, 5.74) is 0.786. The monoisotopic (exact) mass is 249 g/mol. The Hall–Kier alpha value is -1.30. The van der Waals surface area contributed by atoms with Crippen LogP contribution >= 0.6 is 11.8 Å². The van der Waals surface area contributed by atoms with Gasteiger partial charge in [-0.1, -0.05) is 6.42 Å². The number of rotatable bonds is 4. The molecule has 0 aliphatic heterocycles. The molecule has 0 aromatic carbocycles. The van der Waals surface area contributed by atoms with Crippen molar-refractivity contribution >= 4 is 28.6 Å². The smallest absolute Gasteiger partial charge is 0.160 e. The van der Waals surface area contributed by atoms with Crippen molar-refractivity contribution in [1.29, 1.82) is 0 Å². The topological polar surface area (TPSA) is 66.5 Å². The lowest BCUT2D eigenvalue weighted by molar-refractivity contribution is 0.379. The zero-order valence-electron chi connectivity index (χ0n) is 9.73. The lowest BCUT2D eigenvalue weighted by atomic mass is 9.84. The third-order valence-corrected chi connectivity index (χ3v) is 4.94. The molecular formula is C11H15N5S. The van der Waals surface area contributed by atoms with Crippen LogP contribution in [-0.4, -0.2) is 37.7 Å². The minimum absolute atomic E-state index is 0.404. The second kappa shape index (κ2) is 4.18. The Morgan fingerprint density at radius 2 is 2.35 bits per heavy atom. The van der Waals surface area contributed by atoms with Gasteiger partial charge in [0.1, 0.15) is 12.1 Å². The van der Waals surface area contributed by atoms with E-state index in [1.165, 1.54) is 19.3 Å². The van der Waals surface area contributed by atoms with Crippen LogP contribution in [0.4, 0.5) is 5.82 Å². The van der Waals surface area contributed by atoms with Crippen LogP contribution in [0.2, 0.25) is 0 Å². The van der Waals surface area contributed by atoms with Gasteiger partial charge in [-0.2, -0.15) is 16.9 Å². The second-order valence-electron chi connectivity index (χ2n) is 4.45. The van der Waals surface area contributed by atoms with Crippen LogP contribution in [0.25, 0.3) is 11.0 Å². The van der Waals surface area contributed by atoms with E-state index in [0.717, 1.165) is 23.4 Å². The summed E-state index contributed by atoms with van der Waals surface area (Å²) in [6, 6.07) is 0. The van der Waals surface area contributed by atoms with Crippen LogP contribution in [0.15, 0.2) is 12.5 Å². The molecule has 1 saturated carbocycles. The minimum atomic E-state index is 0.404. The average molecular weight is 249 g/mol. The number of fused-ring (bicyclic) bond motifs is 1. The van der Waals surface area contributed by atoms with E-state index in [2.05, 4.69) is 31.7 Å². The highest BCUT2D eigenvalue weighted by atomic mass is 32.2. The van der Waals surface area contributed by atoms with Crippen molar-refractivity contribution < 1.29 is 0 Å². The van der Waals surface area contributed by atoms with Crippen molar-refractivity contribution in [3.8, 4) is 0 Å². The fraction of sp³-hybridized carbons (Fsp3) is 0.545. The van der Waals surface area contributed by atoms with Crippen LogP contribution in [0.5, 0.6) is 0 Å². The maximum absolute atomic E-state index is 4.28. The lowest BCUT2D eigenvalue weighted by Gasteiger charge is -2.40. The van der Waals surface area contributed by atoms with Gasteiger partial charge in [-0.25, -0.2) is 9.97 Å². The lowest BCUT2D eigenvalue weighted by Crippen LogP contribution is -2.40. The van der Waals surface area contributed by atoms with Gasteiger partial charge in [-0.3, -0.25) is 5.10 Å². The number of nitrogens with one attached hydrogen (secondary N) is 2. The molecule has 3 rings (SSSR count). The van der Waals surface area contributed by atoms with Crippen LogP contribution in [-0.2, 0) is 0 Å². The van der Waals surface area contributed by atoms with Gasteiger partial charge in [-0.05, 0) is 19.1 Å². The Morgan fingerprint density at radius 3 is 3.06 bits per heavy atom. The first-order chi connectivity index (χ1) is 8.33. The molecule has 0 spiro atoms. The van der Waals surface area contributed by atoms with Crippen molar-refractivity contribution in [2.24, 2.45) is 0 Å². The average Bonchev–Trinajstić information content (AvgIpc) is 2.77. The summed E-state index contributed by atoms with van der Waals surface area (Å²) in [5, 5.41) is 11.2. The molecule has 0 radical (unpaired) electrons. The zero-order chi connectivity index (χ0) is 11.7. The molecule has 1 fully saturated rings. The van der Waals surface area contributed by atoms with Crippen molar-refractivity contribution in [3.63, 3.8) is 0 Å². The van der Waals surface area contributed by atoms with E-state index < -0.39 is 0 Å². The number of hydrogen-bond donors (Lipinski definition) is 2. The van der Waals surface area contributed by atoms with Crippen LogP contribution in [0.1, 0.15) is 19.3 Å². The van der Waals surface area contributed by atoms with E-state index in [0.29, 0.717) is 4.75 Å². The molecule has 2 heterocycles. The molecule has 1 aliphatic rings. The van der Waals surface area contributed by atoms with Crippen molar-refractivity contribution in [1.82, 2.24) is 20.2 Å². The molecular weight excluding hydrogens is 234 g/mol. The van der Waals surface area contributed by atoms with Gasteiger partial charge in [0.15, 0.2) is 5.65 Å². The van der Waals surface area contributed by atoms with Crippen LogP contribution < -0.4 is 5.32 Å². The molecule has 2 aromatic heterocycles. The first kappa shape index (κ1) is 10.8. The summed E-state index contributed by atoms with van der Waals surface area (Å²) in [6.07, 6.45) is 9.45. The van der Waals surface area contributed by atoms with Crippen molar-refractivity contribution in [2.75, 3.05) is 18.1 Å². The van der Waals surface area contributed by atoms with E-state index in [1.807, 2.05) is 11.8 Å². The third kappa shape index (κ3) is 1.86. The van der Waals surface area contributed by atoms with E-state index in [4.69, 9.17) is 0 Å². The van der Waals surface area contributed by atoms with Gasteiger partial charge in [0.05, 0.1) is 11.6 Å². The Morgan fingerprint density at radius 1 is 1.47 bits per heavy atom. The molecule has 6 heteroatoms. The summed E-state index contributed by atoms with van der Waals surface area (Å²) < 4.78 is 0.404. The van der Waals surface area contributed by atoms with E-state index in [9.17, 15) is 0 Å². The summed E-state index contributed by atoms with van der Waals surface area (Å²) >= 11 is 1.96. The SMILES string of the molecule is CSC1(CNc2ncnc3[nH]ncc23)CCC1. The third-order valence-electron chi connectivity index (χ3n) is 3.52. The zero-order valence-corrected chi connectivity index (χ0v) is 10.5. The maximum Gasteiger partial charge on any atom is 0.160 e. The van der Waals surface area contributed by atoms with Crippen molar-refractivity contribution in [2.45, 2.75) is 24.0 Å². The first-order valence-corrected chi connectivity index (χ1v) is 6.99. The number of H-pyrrole nitrogens is 1. The number of thioether (sulfide) groups is 1. The molecule has 90 valence electrons. The van der Waals surface area contributed by atoms with E-state index in [1.54, 1.807) is 12.5 Å². The molecule has 1 aliphatic carbocycles. The number of hydrogen-bond acceptors (Lipinski definition) is 5. The predicted octanol–water partition coefficient (Wildman–Crippen LogP) is 2.05. The summed E-state index contributed by atoms with van der Waals surface area (Å²) in [6.45, 7) is 0.964. The molecule has 0 bridgehead atoms. The molecule has 0 atom stereocenters. The maximum atomic E-state index is 4.28. The fourth-order valence-electron chi connectivity index (χ4n) is 2.17. The summed E-state index contributed by atoms with van der Waals surface area (Å²) in [5.74, 6) is 0.879. The van der Waals surface area contributed by atoms with Gasteiger partial charge >= 0.3 is 0 Å². The van der Waals surface area contributed by atoms with Gasteiger partial charge in [0, 0.05) is 11.3 Å². The quantitative estimate of drug-likeness (QED) is 0.868. The van der Waals surface area contributed by atoms with Gasteiger partial charge in [0.25, 0.3) is 0 Å². The van der Waals surface area contributed by atoms with Crippen molar-refractivity contribution in [3.05, 3.63) is 12.5 Å². The summed E-state index contributed by atoms with van der Waals surface area (Å²) in [4.78, 5) is 8.41. The molecule has 0 unspecified atom stereocenters. The van der Waals surface area contributed by atoms with E-state index >= 15 is 0 Å². The van der Waals surface area contributed by atoms with Gasteiger partial charge < -0.3 is 5.32 Å². The molecule has 2 N–H and O–H groups in total. The largest absolute Gasteiger partial charge is 0.368 e. The first-order valence-electron chi connectivity index (χ1n) is 5.76.